The molecule has 2 aromatic rings. The predicted octanol–water partition coefficient (Wildman–Crippen LogP) is 0.919. The molecule has 19 heavy (non-hydrogen) atoms. The minimum absolute atomic E-state index is 0.0511. The van der Waals surface area contributed by atoms with Crippen LogP contribution < -0.4 is 4.72 Å². The topological polar surface area (TPSA) is 101 Å². The zero-order valence-electron chi connectivity index (χ0n) is 9.94. The highest BCUT2D eigenvalue weighted by molar-refractivity contribution is 7.92. The van der Waals surface area contributed by atoms with Gasteiger partial charge in [0.25, 0.3) is 10.0 Å². The number of aryl methyl sites for hydroxylation is 1. The Balaban J connectivity index is 2.39. The van der Waals surface area contributed by atoms with E-state index in [-0.39, 0.29) is 16.1 Å². The molecular formula is C11H11N3O4S. The number of rotatable bonds is 4. The van der Waals surface area contributed by atoms with Crippen molar-refractivity contribution in [3.05, 3.63) is 42.5 Å². The quantitative estimate of drug-likeness (QED) is 0.867. The van der Waals surface area contributed by atoms with Crippen molar-refractivity contribution >= 4 is 21.7 Å². The summed E-state index contributed by atoms with van der Waals surface area (Å²) in [4.78, 5) is 14.7. The summed E-state index contributed by atoms with van der Waals surface area (Å²) >= 11 is 0. The molecular weight excluding hydrogens is 270 g/mol. The van der Waals surface area contributed by atoms with Gasteiger partial charge in [0.15, 0.2) is 0 Å². The molecule has 0 fully saturated rings. The van der Waals surface area contributed by atoms with Crippen LogP contribution in [0.25, 0.3) is 0 Å². The summed E-state index contributed by atoms with van der Waals surface area (Å²) in [5, 5.41) is 8.97. The molecule has 100 valence electrons. The summed E-state index contributed by atoms with van der Waals surface area (Å²) < 4.78 is 27.9. The molecule has 2 aromatic heterocycles. The van der Waals surface area contributed by atoms with Crippen LogP contribution in [-0.4, -0.2) is 29.0 Å². The molecule has 0 radical (unpaired) electrons. The number of hydrogen-bond donors (Lipinski definition) is 2. The second-order valence-electron chi connectivity index (χ2n) is 3.84. The van der Waals surface area contributed by atoms with Crippen LogP contribution in [0.15, 0.2) is 41.8 Å². The van der Waals surface area contributed by atoms with Crippen molar-refractivity contribution in [1.82, 2.24) is 9.55 Å². The number of carboxylic acid groups (broad SMARTS) is 1. The van der Waals surface area contributed by atoms with E-state index >= 15 is 0 Å². The zero-order valence-corrected chi connectivity index (χ0v) is 10.8. The van der Waals surface area contributed by atoms with Gasteiger partial charge in [0, 0.05) is 25.6 Å². The van der Waals surface area contributed by atoms with E-state index in [2.05, 4.69) is 9.71 Å². The number of carbonyl (C=O) groups is 1. The van der Waals surface area contributed by atoms with Gasteiger partial charge in [-0.05, 0) is 12.1 Å². The lowest BCUT2D eigenvalue weighted by Crippen LogP contribution is -2.15. The first-order valence-electron chi connectivity index (χ1n) is 5.22. The molecule has 2 heterocycles. The number of hydrogen-bond acceptors (Lipinski definition) is 4. The van der Waals surface area contributed by atoms with Gasteiger partial charge in [0.2, 0.25) is 0 Å². The third-order valence-electron chi connectivity index (χ3n) is 2.41. The van der Waals surface area contributed by atoms with Crippen molar-refractivity contribution in [1.29, 1.82) is 0 Å². The van der Waals surface area contributed by atoms with Crippen LogP contribution in [0.2, 0.25) is 0 Å². The molecule has 0 bridgehead atoms. The van der Waals surface area contributed by atoms with Gasteiger partial charge in [0.05, 0.1) is 17.4 Å². The molecule has 0 saturated heterocycles. The van der Waals surface area contributed by atoms with Gasteiger partial charge in [-0.25, -0.2) is 13.2 Å². The zero-order chi connectivity index (χ0) is 14.0. The average molecular weight is 281 g/mol. The van der Waals surface area contributed by atoms with Crippen LogP contribution in [-0.2, 0) is 17.1 Å². The van der Waals surface area contributed by atoms with Gasteiger partial charge in [-0.1, -0.05) is 0 Å². The normalized spacial score (nSPS) is 11.2. The molecule has 0 aliphatic rings. The Bertz CT molecular complexity index is 721. The number of aromatic nitrogens is 2. The Morgan fingerprint density at radius 2 is 2.16 bits per heavy atom. The second-order valence-corrected chi connectivity index (χ2v) is 5.53. The maximum absolute atomic E-state index is 12.0. The average Bonchev–Trinajstić information content (AvgIpc) is 2.76. The van der Waals surface area contributed by atoms with E-state index in [0.717, 1.165) is 6.20 Å². The summed E-state index contributed by atoms with van der Waals surface area (Å²) in [6.07, 6.45) is 5.43. The van der Waals surface area contributed by atoms with E-state index in [1.807, 2.05) is 0 Å². The van der Waals surface area contributed by atoms with Gasteiger partial charge in [0.1, 0.15) is 4.90 Å². The SMILES string of the molecule is Cn1ccc(S(=O)(=O)Nc2cnccc2C(=O)O)c1. The Morgan fingerprint density at radius 3 is 2.74 bits per heavy atom. The Morgan fingerprint density at radius 1 is 1.42 bits per heavy atom. The van der Waals surface area contributed by atoms with Crippen LogP contribution >= 0.6 is 0 Å². The summed E-state index contributed by atoms with van der Waals surface area (Å²) in [6.45, 7) is 0. The molecule has 0 saturated carbocycles. The monoisotopic (exact) mass is 281 g/mol. The first-order chi connectivity index (χ1) is 8.90. The fourth-order valence-electron chi connectivity index (χ4n) is 1.50. The van der Waals surface area contributed by atoms with Gasteiger partial charge in [-0.2, -0.15) is 0 Å². The Labute approximate surface area is 109 Å². The third kappa shape index (κ3) is 2.74. The highest BCUT2D eigenvalue weighted by Gasteiger charge is 2.19. The molecule has 0 atom stereocenters. The molecule has 0 aromatic carbocycles. The molecule has 8 heteroatoms. The molecule has 0 aliphatic carbocycles. The Hall–Kier alpha value is -2.35. The lowest BCUT2D eigenvalue weighted by Gasteiger charge is -2.08. The number of pyridine rings is 1. The van der Waals surface area contributed by atoms with Gasteiger partial charge in [-0.15, -0.1) is 0 Å². The van der Waals surface area contributed by atoms with Crippen molar-refractivity contribution in [2.75, 3.05) is 4.72 Å². The van der Waals surface area contributed by atoms with E-state index < -0.39 is 16.0 Å². The molecule has 2 rings (SSSR count). The maximum Gasteiger partial charge on any atom is 0.337 e. The maximum atomic E-state index is 12.0. The number of nitrogens with zero attached hydrogens (tertiary/aromatic N) is 2. The van der Waals surface area contributed by atoms with Crippen LogP contribution in [0.3, 0.4) is 0 Å². The molecule has 0 unspecified atom stereocenters. The number of nitrogens with one attached hydrogen (secondary N) is 1. The van der Waals surface area contributed by atoms with E-state index in [1.54, 1.807) is 17.8 Å². The molecule has 2 N–H and O–H groups in total. The minimum Gasteiger partial charge on any atom is -0.478 e. The summed E-state index contributed by atoms with van der Waals surface area (Å²) in [5.74, 6) is -1.23. The van der Waals surface area contributed by atoms with Gasteiger partial charge >= 0.3 is 5.97 Å². The van der Waals surface area contributed by atoms with Crippen molar-refractivity contribution in [2.45, 2.75) is 4.90 Å². The fourth-order valence-corrected chi connectivity index (χ4v) is 2.62. The smallest absolute Gasteiger partial charge is 0.337 e. The van der Waals surface area contributed by atoms with Crippen LogP contribution in [0.4, 0.5) is 5.69 Å². The minimum atomic E-state index is -3.82. The van der Waals surface area contributed by atoms with E-state index in [1.165, 1.54) is 24.5 Å². The number of anilines is 1. The number of aromatic carboxylic acids is 1. The highest BCUT2D eigenvalue weighted by Crippen LogP contribution is 2.19. The van der Waals surface area contributed by atoms with E-state index in [4.69, 9.17) is 5.11 Å². The van der Waals surface area contributed by atoms with Gasteiger partial charge in [-0.3, -0.25) is 9.71 Å². The second kappa shape index (κ2) is 4.73. The lowest BCUT2D eigenvalue weighted by molar-refractivity contribution is 0.0698. The van der Waals surface area contributed by atoms with Crippen molar-refractivity contribution in [2.24, 2.45) is 7.05 Å². The van der Waals surface area contributed by atoms with E-state index in [0.29, 0.717) is 0 Å². The first kappa shape index (κ1) is 13.1. The van der Waals surface area contributed by atoms with Crippen molar-refractivity contribution in [3.8, 4) is 0 Å². The van der Waals surface area contributed by atoms with Crippen molar-refractivity contribution in [3.63, 3.8) is 0 Å². The van der Waals surface area contributed by atoms with Gasteiger partial charge < -0.3 is 9.67 Å². The molecule has 0 amide bonds. The predicted molar refractivity (Wildman–Crippen MR) is 67.4 cm³/mol. The van der Waals surface area contributed by atoms with Crippen LogP contribution in [0, 0.1) is 0 Å². The standard InChI is InChI=1S/C11H11N3O4S/c1-14-5-3-8(7-14)19(17,18)13-10-6-12-4-2-9(10)11(15)16/h2-7,13H,1H3,(H,15,16). The molecule has 0 aliphatic heterocycles. The van der Waals surface area contributed by atoms with Crippen molar-refractivity contribution < 1.29 is 18.3 Å². The fraction of sp³-hybridized carbons (Fsp3) is 0.0909. The largest absolute Gasteiger partial charge is 0.478 e. The molecule has 7 nitrogen and oxygen atoms in total. The summed E-state index contributed by atoms with van der Waals surface area (Å²) in [6, 6.07) is 2.64. The summed E-state index contributed by atoms with van der Waals surface area (Å²) in [5.41, 5.74) is -0.228. The Kier molecular flexibility index (Phi) is 3.26. The van der Waals surface area contributed by atoms with E-state index in [9.17, 15) is 13.2 Å². The third-order valence-corrected chi connectivity index (χ3v) is 3.76. The number of carboxylic acids is 1. The van der Waals surface area contributed by atoms with Crippen LogP contribution in [0.1, 0.15) is 10.4 Å². The highest BCUT2D eigenvalue weighted by atomic mass is 32.2. The molecule has 0 spiro atoms. The number of sulfonamides is 1. The first-order valence-corrected chi connectivity index (χ1v) is 6.70. The lowest BCUT2D eigenvalue weighted by atomic mass is 10.2. The summed E-state index contributed by atoms with van der Waals surface area (Å²) in [7, 11) is -2.14. The van der Waals surface area contributed by atoms with Crippen LogP contribution in [0.5, 0.6) is 0 Å².